The molecule has 0 atom stereocenters. The second-order valence-corrected chi connectivity index (χ2v) is 5.44. The minimum atomic E-state index is -3.98. The summed E-state index contributed by atoms with van der Waals surface area (Å²) in [6, 6.07) is 4.15. The fraction of sp³-hybridized carbons (Fsp3) is 0.125. The number of benzene rings is 1. The number of hydrogen-bond donors (Lipinski definition) is 0. The minimum absolute atomic E-state index is 0.000826. The van der Waals surface area contributed by atoms with Crippen LogP contribution in [0.4, 0.5) is 0 Å². The summed E-state index contributed by atoms with van der Waals surface area (Å²) in [5, 5.41) is 8.96. The van der Waals surface area contributed by atoms with Crippen molar-refractivity contribution in [1.82, 2.24) is 0 Å². The van der Waals surface area contributed by atoms with Crippen LogP contribution in [-0.4, -0.2) is 15.5 Å². The van der Waals surface area contributed by atoms with E-state index in [0.717, 1.165) is 6.07 Å². The largest absolute Gasteiger partial charge is 0.494 e. The van der Waals surface area contributed by atoms with Crippen molar-refractivity contribution in [3.8, 4) is 11.8 Å². The summed E-state index contributed by atoms with van der Waals surface area (Å²) in [7, 11) is 2.45. The number of rotatable bonds is 2. The summed E-state index contributed by atoms with van der Waals surface area (Å²) in [4.78, 5) is -0.312. The summed E-state index contributed by atoms with van der Waals surface area (Å²) in [5.41, 5.74) is -0.194. The fourth-order valence-corrected chi connectivity index (χ4v) is 2.28. The average molecular weight is 266 g/mol. The van der Waals surface area contributed by atoms with Gasteiger partial charge in [-0.3, -0.25) is 0 Å². The first-order valence-corrected chi connectivity index (χ1v) is 6.31. The van der Waals surface area contributed by atoms with Gasteiger partial charge in [-0.15, -0.1) is 0 Å². The molecule has 1 aromatic rings. The quantitative estimate of drug-likeness (QED) is 0.769. The van der Waals surface area contributed by atoms with E-state index in [4.69, 9.17) is 32.3 Å². The highest BCUT2D eigenvalue weighted by Crippen LogP contribution is 2.33. The van der Waals surface area contributed by atoms with Gasteiger partial charge < -0.3 is 4.74 Å². The highest BCUT2D eigenvalue weighted by atomic mass is 35.7. The SMILES string of the molecule is COc1c(Cl)ccc(S(=O)(=O)Cl)c1C#N. The first-order chi connectivity index (χ1) is 6.91. The molecule has 1 rings (SSSR count). The molecule has 0 saturated heterocycles. The zero-order valence-corrected chi connectivity index (χ0v) is 9.82. The van der Waals surface area contributed by atoms with E-state index in [0.29, 0.717) is 0 Å². The van der Waals surface area contributed by atoms with Crippen LogP contribution in [0.1, 0.15) is 5.56 Å². The van der Waals surface area contributed by atoms with Gasteiger partial charge in [0.1, 0.15) is 16.5 Å². The maximum absolute atomic E-state index is 11.1. The van der Waals surface area contributed by atoms with Gasteiger partial charge in [0.05, 0.1) is 12.1 Å². The number of halogens is 2. The Hall–Kier alpha value is -0.960. The van der Waals surface area contributed by atoms with Gasteiger partial charge in [0.15, 0.2) is 5.75 Å². The smallest absolute Gasteiger partial charge is 0.262 e. The van der Waals surface area contributed by atoms with E-state index in [1.807, 2.05) is 0 Å². The predicted octanol–water partition coefficient (Wildman–Crippen LogP) is 2.15. The van der Waals surface area contributed by atoms with Crippen molar-refractivity contribution in [3.63, 3.8) is 0 Å². The first-order valence-electron chi connectivity index (χ1n) is 3.63. The molecule has 80 valence electrons. The summed E-state index contributed by atoms with van der Waals surface area (Å²) >= 11 is 5.72. The Balaban J connectivity index is 3.66. The van der Waals surface area contributed by atoms with Gasteiger partial charge in [0.25, 0.3) is 9.05 Å². The Morgan fingerprint density at radius 1 is 1.47 bits per heavy atom. The maximum Gasteiger partial charge on any atom is 0.262 e. The second kappa shape index (κ2) is 4.27. The van der Waals surface area contributed by atoms with E-state index in [1.54, 1.807) is 6.07 Å². The monoisotopic (exact) mass is 265 g/mol. The van der Waals surface area contributed by atoms with E-state index >= 15 is 0 Å². The lowest BCUT2D eigenvalue weighted by Gasteiger charge is -2.07. The topological polar surface area (TPSA) is 67.2 Å². The molecule has 0 aliphatic rings. The van der Waals surface area contributed by atoms with Crippen LogP contribution in [-0.2, 0) is 9.05 Å². The van der Waals surface area contributed by atoms with Gasteiger partial charge in [-0.25, -0.2) is 8.42 Å². The molecule has 0 fully saturated rings. The second-order valence-electron chi connectivity index (χ2n) is 2.50. The van der Waals surface area contributed by atoms with Crippen molar-refractivity contribution in [2.24, 2.45) is 0 Å². The van der Waals surface area contributed by atoms with Crippen LogP contribution in [0, 0.1) is 11.3 Å². The Labute approximate surface area is 96.4 Å². The first kappa shape index (κ1) is 12.1. The molecule has 0 saturated carbocycles. The van der Waals surface area contributed by atoms with Crippen LogP contribution in [0.5, 0.6) is 5.75 Å². The van der Waals surface area contributed by atoms with Crippen molar-refractivity contribution in [2.75, 3.05) is 7.11 Å². The molecule has 1 aromatic carbocycles. The van der Waals surface area contributed by atoms with Crippen molar-refractivity contribution in [2.45, 2.75) is 4.90 Å². The fourth-order valence-electron chi connectivity index (χ4n) is 1.05. The molecule has 4 nitrogen and oxygen atoms in total. The summed E-state index contributed by atoms with van der Waals surface area (Å²) in [6.45, 7) is 0. The molecule has 0 spiro atoms. The third-order valence-corrected chi connectivity index (χ3v) is 3.31. The van der Waals surface area contributed by atoms with Crippen LogP contribution in [0.3, 0.4) is 0 Å². The molecule has 0 N–H and O–H groups in total. The van der Waals surface area contributed by atoms with Gasteiger partial charge in [0.2, 0.25) is 0 Å². The number of nitrogens with zero attached hydrogens (tertiary/aromatic N) is 1. The summed E-state index contributed by atoms with van der Waals surface area (Å²) in [6.07, 6.45) is 0. The number of nitriles is 1. The number of hydrogen-bond acceptors (Lipinski definition) is 4. The molecular formula is C8H5Cl2NO3S. The molecule has 0 radical (unpaired) electrons. The summed E-state index contributed by atoms with van der Waals surface area (Å²) in [5.74, 6) is 0.000826. The molecule has 0 aliphatic carbocycles. The highest BCUT2D eigenvalue weighted by molar-refractivity contribution is 8.13. The molecule has 0 aromatic heterocycles. The molecule has 0 amide bonds. The van der Waals surface area contributed by atoms with Crippen LogP contribution in [0.2, 0.25) is 5.02 Å². The van der Waals surface area contributed by atoms with Crippen LogP contribution in [0.25, 0.3) is 0 Å². The molecule has 0 unspecified atom stereocenters. The molecule has 15 heavy (non-hydrogen) atoms. The maximum atomic E-state index is 11.1. The highest BCUT2D eigenvalue weighted by Gasteiger charge is 2.21. The Bertz CT molecular complexity index is 534. The van der Waals surface area contributed by atoms with E-state index in [2.05, 4.69) is 0 Å². The average Bonchev–Trinajstić information content (AvgIpc) is 2.15. The standard InChI is InChI=1S/C8H5Cl2NO3S/c1-14-8-5(4-11)7(15(10,12)13)3-2-6(8)9/h2-3H,1H3. The van der Waals surface area contributed by atoms with Crippen molar-refractivity contribution < 1.29 is 13.2 Å². The van der Waals surface area contributed by atoms with Crippen molar-refractivity contribution >= 4 is 31.3 Å². The molecule has 0 aliphatic heterocycles. The summed E-state index contributed by atoms with van der Waals surface area (Å²) < 4.78 is 27.0. The number of methoxy groups -OCH3 is 1. The van der Waals surface area contributed by atoms with E-state index in [1.165, 1.54) is 13.2 Å². The third kappa shape index (κ3) is 2.34. The van der Waals surface area contributed by atoms with Gasteiger partial charge in [-0.2, -0.15) is 5.26 Å². The zero-order valence-electron chi connectivity index (χ0n) is 7.49. The lowest BCUT2D eigenvalue weighted by atomic mass is 10.2. The lowest BCUT2D eigenvalue weighted by Crippen LogP contribution is -1.98. The van der Waals surface area contributed by atoms with Gasteiger partial charge in [-0.1, -0.05) is 11.6 Å². The van der Waals surface area contributed by atoms with Crippen LogP contribution < -0.4 is 4.74 Å². The van der Waals surface area contributed by atoms with E-state index < -0.39 is 9.05 Å². The van der Waals surface area contributed by atoms with Crippen LogP contribution >= 0.6 is 22.3 Å². The Kier molecular flexibility index (Phi) is 3.45. The Morgan fingerprint density at radius 3 is 2.47 bits per heavy atom. The zero-order chi connectivity index (χ0) is 11.6. The van der Waals surface area contributed by atoms with Gasteiger partial charge in [0, 0.05) is 10.7 Å². The van der Waals surface area contributed by atoms with E-state index in [9.17, 15) is 8.42 Å². The molecular weight excluding hydrogens is 261 g/mol. The third-order valence-electron chi connectivity index (χ3n) is 1.65. The molecule has 0 bridgehead atoms. The van der Waals surface area contributed by atoms with Crippen LogP contribution in [0.15, 0.2) is 17.0 Å². The lowest BCUT2D eigenvalue weighted by molar-refractivity contribution is 0.412. The van der Waals surface area contributed by atoms with Crippen molar-refractivity contribution in [3.05, 3.63) is 22.7 Å². The van der Waals surface area contributed by atoms with E-state index in [-0.39, 0.29) is 21.2 Å². The Morgan fingerprint density at radius 2 is 2.07 bits per heavy atom. The normalized spacial score (nSPS) is 10.8. The number of ether oxygens (including phenoxy) is 1. The molecule has 0 heterocycles. The minimum Gasteiger partial charge on any atom is -0.494 e. The molecule has 7 heteroatoms. The van der Waals surface area contributed by atoms with Crippen molar-refractivity contribution in [1.29, 1.82) is 5.26 Å². The predicted molar refractivity (Wildman–Crippen MR) is 55.8 cm³/mol. The van der Waals surface area contributed by atoms with Gasteiger partial charge >= 0.3 is 0 Å². The van der Waals surface area contributed by atoms with Gasteiger partial charge in [-0.05, 0) is 12.1 Å².